The summed E-state index contributed by atoms with van der Waals surface area (Å²) < 4.78 is 29.1. The number of nitrogens with one attached hydrogen (secondary N) is 3. The number of aromatic amines is 1. The maximum Gasteiger partial charge on any atom is 0.277 e. The lowest BCUT2D eigenvalue weighted by molar-refractivity contribution is 0.0243. The van der Waals surface area contributed by atoms with Gasteiger partial charge in [-0.25, -0.2) is 9.97 Å². The van der Waals surface area contributed by atoms with Crippen molar-refractivity contribution in [3.05, 3.63) is 107 Å². The van der Waals surface area contributed by atoms with Gasteiger partial charge in [-0.15, -0.1) is 0 Å². The van der Waals surface area contributed by atoms with Crippen LogP contribution in [0.25, 0.3) is 33.4 Å². The van der Waals surface area contributed by atoms with Crippen LogP contribution in [0, 0.1) is 13.8 Å². The lowest BCUT2D eigenvalue weighted by Crippen LogP contribution is -2.26. The molecule has 0 saturated carbocycles. The molecule has 0 amide bonds. The molecule has 0 bridgehead atoms. The summed E-state index contributed by atoms with van der Waals surface area (Å²) in [5.74, 6) is 1.46. The van der Waals surface area contributed by atoms with Crippen LogP contribution in [0.3, 0.4) is 0 Å². The van der Waals surface area contributed by atoms with Gasteiger partial charge in [0.15, 0.2) is 0 Å². The summed E-state index contributed by atoms with van der Waals surface area (Å²) in [6.45, 7) is 7.28. The maximum absolute atomic E-state index is 12.5. The highest BCUT2D eigenvalue weighted by atomic mass is 32.1. The van der Waals surface area contributed by atoms with E-state index in [1.807, 2.05) is 79.3 Å². The van der Waals surface area contributed by atoms with E-state index in [1.54, 1.807) is 29.4 Å². The van der Waals surface area contributed by atoms with Crippen molar-refractivity contribution in [2.45, 2.75) is 45.6 Å². The Kier molecular flexibility index (Phi) is 11.8. The zero-order valence-corrected chi connectivity index (χ0v) is 32.9. The van der Waals surface area contributed by atoms with Crippen molar-refractivity contribution in [3.63, 3.8) is 0 Å². The number of hydrogen-bond donors (Lipinski definition) is 3. The minimum Gasteiger partial charge on any atom is -0.473 e. The third-order valence-corrected chi connectivity index (χ3v) is 10.5. The lowest BCUT2D eigenvalue weighted by atomic mass is 10.1. The number of anilines is 4. The van der Waals surface area contributed by atoms with E-state index in [1.165, 1.54) is 35.9 Å². The first-order valence-corrected chi connectivity index (χ1v) is 20.1. The normalized spacial score (nSPS) is 14.1. The Morgan fingerprint density at radius 1 is 0.737 bits per heavy atom. The molecular formula is C39H44N12O4S2. The number of rotatable bonds is 8. The monoisotopic (exact) mass is 808 g/mol. The Labute approximate surface area is 338 Å². The van der Waals surface area contributed by atoms with Crippen LogP contribution >= 0.6 is 23.1 Å². The van der Waals surface area contributed by atoms with Crippen LogP contribution in [-0.2, 0) is 9.47 Å². The lowest BCUT2D eigenvalue weighted by Gasteiger charge is -2.23. The van der Waals surface area contributed by atoms with Gasteiger partial charge in [-0.3, -0.25) is 19.7 Å². The number of aryl methyl sites for hydroxylation is 2. The van der Waals surface area contributed by atoms with Crippen LogP contribution in [0.2, 0.25) is 0 Å². The van der Waals surface area contributed by atoms with Crippen LogP contribution in [-0.4, -0.2) is 80.3 Å². The fraction of sp³-hybridized carbons (Fsp3) is 0.282. The fourth-order valence-corrected chi connectivity index (χ4v) is 7.55. The number of pyridine rings is 2. The summed E-state index contributed by atoms with van der Waals surface area (Å²) in [7, 11) is 0. The molecule has 2 fully saturated rings. The third kappa shape index (κ3) is 9.32. The number of fused-ring (bicyclic) bond motifs is 2. The molecule has 2 aliphatic heterocycles. The van der Waals surface area contributed by atoms with Crippen LogP contribution in [0.5, 0.6) is 5.88 Å². The first kappa shape index (κ1) is 37.8. The van der Waals surface area contributed by atoms with Crippen LogP contribution < -0.4 is 20.9 Å². The molecule has 0 radical (unpaired) electrons. The Hall–Kier alpha value is -6.08. The second-order valence-electron chi connectivity index (χ2n) is 13.2. The summed E-state index contributed by atoms with van der Waals surface area (Å²) in [4.78, 5) is 37.2. The van der Waals surface area contributed by atoms with Crippen molar-refractivity contribution < 1.29 is 17.1 Å². The molecule has 2 aliphatic rings. The molecule has 3 N–H and O–H groups in total. The molecule has 0 aliphatic carbocycles. The molecule has 8 aromatic heterocycles. The largest absolute Gasteiger partial charge is 0.473 e. The maximum atomic E-state index is 12.5. The quantitative estimate of drug-likeness (QED) is 0.135. The van der Waals surface area contributed by atoms with E-state index in [4.69, 9.17) is 24.2 Å². The average Bonchev–Trinajstić information content (AvgIpc) is 4.09. The van der Waals surface area contributed by atoms with E-state index >= 15 is 0 Å². The first-order valence-electron chi connectivity index (χ1n) is 18.5. The zero-order chi connectivity index (χ0) is 39.0. The second kappa shape index (κ2) is 17.8. The summed E-state index contributed by atoms with van der Waals surface area (Å²) >= 11 is 2.71. The molecule has 296 valence electrons. The zero-order valence-electron chi connectivity index (χ0n) is 31.3. The number of ether oxygens (including phenoxy) is 3. The van der Waals surface area contributed by atoms with E-state index in [9.17, 15) is 4.79 Å². The predicted molar refractivity (Wildman–Crippen MR) is 225 cm³/mol. The SMILES string of the molecule is C1CCOC1.Cc1cc(Nc2nc(OC3CCOCC3)c3c(ccn3-c3ccncc3)n2)sn1.Cc1cc(Nc2nc3ccn(-c4ccncc4)c3c(=O)[nH]2)sn1.[HH].[HH]. The van der Waals surface area contributed by atoms with Gasteiger partial charge in [-0.1, -0.05) is 0 Å². The molecule has 0 spiro atoms. The topological polar surface area (TPSA) is 185 Å². The van der Waals surface area contributed by atoms with Gasteiger partial charge in [0.05, 0.1) is 35.6 Å². The number of hydrogen-bond acceptors (Lipinski definition) is 15. The highest BCUT2D eigenvalue weighted by Crippen LogP contribution is 2.31. The van der Waals surface area contributed by atoms with Gasteiger partial charge in [0.25, 0.3) is 5.56 Å². The van der Waals surface area contributed by atoms with Gasteiger partial charge in [-0.2, -0.15) is 13.7 Å². The van der Waals surface area contributed by atoms with Crippen molar-refractivity contribution in [2.75, 3.05) is 37.1 Å². The molecule has 18 heteroatoms. The van der Waals surface area contributed by atoms with Gasteiger partial charge in [-0.05, 0) is 98.3 Å². The molecule has 0 aromatic carbocycles. The Balaban J connectivity index is 0.000000175. The van der Waals surface area contributed by atoms with Gasteiger partial charge >= 0.3 is 0 Å². The van der Waals surface area contributed by atoms with E-state index in [0.717, 1.165) is 69.9 Å². The van der Waals surface area contributed by atoms with Crippen LogP contribution in [0.15, 0.2) is 90.5 Å². The Bertz CT molecular complexity index is 2600. The molecular weight excluding hydrogens is 765 g/mol. The molecule has 2 saturated heterocycles. The fourth-order valence-electron chi connectivity index (χ4n) is 6.24. The molecule has 57 heavy (non-hydrogen) atoms. The highest BCUT2D eigenvalue weighted by Gasteiger charge is 2.21. The van der Waals surface area contributed by atoms with Gasteiger partial charge < -0.3 is 34.0 Å². The standard InChI is InChI=1S/C20H20N6O2S.C15H12N6OS.C4H8O.2H2/c1-13-12-17(29-25-13)23-20-22-16-4-9-26(14-2-7-21-8-3-14)18(16)19(24-20)28-15-5-10-27-11-6-15;1-9-8-12(23-20-9)18-15-17-11-4-7-21(13(11)14(22)19-15)10-2-5-16-6-3-10;1-2-4-5-3-1;;/h2-4,7-9,12,15H,5-6,10-11H2,1H3,(H,22,23,24);2-8H,1H3,(H2,17,18,19,22);1-4H2;2*1H. The molecule has 16 nitrogen and oxygen atoms in total. The third-order valence-electron chi connectivity index (χ3n) is 8.93. The minimum atomic E-state index is -0.208. The van der Waals surface area contributed by atoms with E-state index < -0.39 is 0 Å². The molecule has 0 atom stereocenters. The molecule has 10 heterocycles. The van der Waals surface area contributed by atoms with E-state index in [-0.39, 0.29) is 14.5 Å². The van der Waals surface area contributed by atoms with Crippen molar-refractivity contribution in [2.24, 2.45) is 0 Å². The van der Waals surface area contributed by atoms with Crippen LogP contribution in [0.4, 0.5) is 21.9 Å². The van der Waals surface area contributed by atoms with Crippen molar-refractivity contribution in [1.29, 1.82) is 0 Å². The predicted octanol–water partition coefficient (Wildman–Crippen LogP) is 7.79. The Morgan fingerprint density at radius 2 is 1.30 bits per heavy atom. The molecule has 10 rings (SSSR count). The van der Waals surface area contributed by atoms with Crippen molar-refractivity contribution >= 4 is 67.0 Å². The summed E-state index contributed by atoms with van der Waals surface area (Å²) in [5.41, 5.74) is 6.29. The second-order valence-corrected chi connectivity index (χ2v) is 14.8. The smallest absolute Gasteiger partial charge is 0.277 e. The van der Waals surface area contributed by atoms with E-state index in [0.29, 0.717) is 42.0 Å². The number of H-pyrrole nitrogens is 1. The molecule has 0 unspecified atom stereocenters. The average molecular weight is 809 g/mol. The van der Waals surface area contributed by atoms with Crippen molar-refractivity contribution in [3.8, 4) is 17.3 Å². The highest BCUT2D eigenvalue weighted by molar-refractivity contribution is 7.10. The van der Waals surface area contributed by atoms with Crippen LogP contribution in [0.1, 0.15) is 39.9 Å². The van der Waals surface area contributed by atoms with Crippen molar-refractivity contribution in [1.82, 2.24) is 47.8 Å². The van der Waals surface area contributed by atoms with Gasteiger partial charge in [0, 0.05) is 77.5 Å². The first-order chi connectivity index (χ1) is 28.0. The van der Waals surface area contributed by atoms with Gasteiger partial charge in [0.1, 0.15) is 27.1 Å². The molecule has 8 aromatic rings. The summed E-state index contributed by atoms with van der Waals surface area (Å²) in [5, 5.41) is 8.06. The summed E-state index contributed by atoms with van der Waals surface area (Å²) in [6.07, 6.45) is 15.0. The summed E-state index contributed by atoms with van der Waals surface area (Å²) in [6, 6.07) is 15.2. The minimum absolute atomic E-state index is 0. The van der Waals surface area contributed by atoms with E-state index in [2.05, 4.69) is 39.3 Å². The van der Waals surface area contributed by atoms with Gasteiger partial charge in [0.2, 0.25) is 17.8 Å². The Morgan fingerprint density at radius 3 is 1.86 bits per heavy atom. The number of aromatic nitrogens is 10. The number of nitrogens with zero attached hydrogens (tertiary/aromatic N) is 9.